The Balaban J connectivity index is 1.07. The Labute approximate surface area is 245 Å². The van der Waals surface area contributed by atoms with Crippen molar-refractivity contribution in [3.8, 4) is 0 Å². The first-order chi connectivity index (χ1) is 19.9. The minimum atomic E-state index is -1.61. The number of hydrogen-bond acceptors (Lipinski definition) is 15. The number of aliphatic hydroxyl groups is 1. The zero-order valence-electron chi connectivity index (χ0n) is 21.3. The molecule has 0 aliphatic carbocycles. The number of anilines is 1. The third-order valence-corrected chi connectivity index (χ3v) is 9.61. The second-order valence-electron chi connectivity index (χ2n) is 9.26. The first-order valence-corrected chi connectivity index (χ1v) is 17.5. The highest BCUT2D eigenvalue weighted by Crippen LogP contribution is 2.50. The van der Waals surface area contributed by atoms with Gasteiger partial charge in [-0.25, -0.2) is 24.9 Å². The van der Waals surface area contributed by atoms with Gasteiger partial charge in [-0.2, -0.15) is 0 Å². The van der Waals surface area contributed by atoms with Gasteiger partial charge < -0.3 is 38.9 Å². The highest BCUT2D eigenvalue weighted by Gasteiger charge is 2.40. The number of thiol groups is 2. The van der Waals surface area contributed by atoms with Crippen LogP contribution in [0.15, 0.2) is 30.1 Å². The quantitative estimate of drug-likeness (QED) is 0.118. The number of hydrogen-bond donors (Lipinski definition) is 5. The van der Waals surface area contributed by atoms with Gasteiger partial charge in [-0.1, -0.05) is 12.2 Å². The van der Waals surface area contributed by atoms with E-state index in [1.165, 1.54) is 19.0 Å². The SMILES string of the molecule is Nc1ncnc2c1ncn2C1CCC(COP(S)O[C@H]2CC(n3cnc4c(=O)[nH]cnc43)OC2COP(S)CO)O1. The molecule has 220 valence electrons. The number of aromatic amines is 1. The van der Waals surface area contributed by atoms with E-state index in [1.807, 2.05) is 4.57 Å². The number of fused-ring (bicyclic) bond motifs is 2. The third kappa shape index (κ3) is 6.22. The average molecular weight is 644 g/mol. The van der Waals surface area contributed by atoms with Gasteiger partial charge in [0.2, 0.25) is 7.58 Å². The molecule has 6 rings (SSSR count). The molecule has 2 aliphatic heterocycles. The van der Waals surface area contributed by atoms with Crippen molar-refractivity contribution in [1.82, 2.24) is 39.0 Å². The molecule has 0 bridgehead atoms. The summed E-state index contributed by atoms with van der Waals surface area (Å²) >= 11 is 8.80. The predicted octanol–water partition coefficient (Wildman–Crippen LogP) is 2.27. The lowest BCUT2D eigenvalue weighted by Gasteiger charge is -2.23. The number of nitrogens with two attached hydrogens (primary N) is 1. The van der Waals surface area contributed by atoms with Gasteiger partial charge in [-0.3, -0.25) is 13.9 Å². The summed E-state index contributed by atoms with van der Waals surface area (Å²) in [6.07, 6.45) is 5.67. The minimum absolute atomic E-state index is 0.134. The molecule has 2 fully saturated rings. The first-order valence-electron chi connectivity index (χ1n) is 12.5. The Morgan fingerprint density at radius 2 is 1.80 bits per heavy atom. The van der Waals surface area contributed by atoms with Crippen molar-refractivity contribution in [3.05, 3.63) is 35.7 Å². The fourth-order valence-electron chi connectivity index (χ4n) is 4.79. The number of nitrogen functional groups attached to an aromatic ring is 1. The maximum absolute atomic E-state index is 12.1. The second kappa shape index (κ2) is 12.7. The molecular weight excluding hydrogens is 616 g/mol. The monoisotopic (exact) mass is 643 g/mol. The Morgan fingerprint density at radius 3 is 2.63 bits per heavy atom. The molecule has 0 spiro atoms. The number of aliphatic hydroxyl groups excluding tert-OH is 1. The zero-order valence-corrected chi connectivity index (χ0v) is 24.9. The molecule has 4 aromatic rings. The van der Waals surface area contributed by atoms with E-state index < -0.39 is 33.4 Å². The van der Waals surface area contributed by atoms with Gasteiger partial charge in [0.25, 0.3) is 5.56 Å². The van der Waals surface area contributed by atoms with Gasteiger partial charge in [0.05, 0.1) is 50.8 Å². The molecule has 6 unspecified atom stereocenters. The number of nitrogens with zero attached hydrogens (tertiary/aromatic N) is 7. The number of ether oxygens (including phenoxy) is 2. The van der Waals surface area contributed by atoms with Crippen LogP contribution in [-0.2, 0) is 23.0 Å². The minimum Gasteiger partial charge on any atom is -0.389 e. The van der Waals surface area contributed by atoms with E-state index in [9.17, 15) is 9.90 Å². The number of aromatic nitrogens is 8. The van der Waals surface area contributed by atoms with Crippen LogP contribution < -0.4 is 11.3 Å². The maximum atomic E-state index is 12.1. The lowest BCUT2D eigenvalue weighted by molar-refractivity contribution is -0.0345. The summed E-state index contributed by atoms with van der Waals surface area (Å²) in [4.78, 5) is 35.6. The Hall–Kier alpha value is -1.98. The summed E-state index contributed by atoms with van der Waals surface area (Å²) in [5, 5.41) is 9.33. The van der Waals surface area contributed by atoms with Crippen LogP contribution in [0.3, 0.4) is 0 Å². The molecule has 16 nitrogen and oxygen atoms in total. The van der Waals surface area contributed by atoms with Crippen molar-refractivity contribution in [3.63, 3.8) is 0 Å². The van der Waals surface area contributed by atoms with Crippen LogP contribution in [0.1, 0.15) is 31.7 Å². The summed E-state index contributed by atoms with van der Waals surface area (Å²) in [5.41, 5.74) is 7.31. The normalized spacial score (nSPS) is 26.3. The molecule has 0 saturated carbocycles. The molecule has 41 heavy (non-hydrogen) atoms. The largest absolute Gasteiger partial charge is 0.389 e. The Kier molecular flexibility index (Phi) is 9.03. The smallest absolute Gasteiger partial charge is 0.278 e. The van der Waals surface area contributed by atoms with Crippen molar-refractivity contribution in [2.24, 2.45) is 0 Å². The standard InChI is InChI=1S/C21H27N9O7P2S2/c22-18-16-19(24-6-23-18)29(8-27-16)14-2-1-11(35-14)4-34-39(41)37-12-3-15(36-13(12)5-33-38(40)10-31)30-9-28-17-20(30)25-7-26-21(17)32/h6-9,11-15,31,40-41H,1-5,10H2,(H2,22,23,24)(H,25,26,32)/t11?,12-,13?,14?,15?,38?,39?/m0/s1. The van der Waals surface area contributed by atoms with Gasteiger partial charge >= 0.3 is 0 Å². The second-order valence-corrected chi connectivity index (χ2v) is 13.8. The zero-order chi connectivity index (χ0) is 28.5. The third-order valence-electron chi connectivity index (χ3n) is 6.74. The molecule has 7 atom stereocenters. The van der Waals surface area contributed by atoms with Gasteiger partial charge in [-0.05, 0) is 12.8 Å². The summed E-state index contributed by atoms with van der Waals surface area (Å²) in [5.74, 6) is 0.319. The van der Waals surface area contributed by atoms with E-state index in [1.54, 1.807) is 10.9 Å². The molecule has 0 amide bonds. The van der Waals surface area contributed by atoms with Crippen molar-refractivity contribution in [2.75, 3.05) is 25.3 Å². The van der Waals surface area contributed by atoms with Crippen molar-refractivity contribution >= 4 is 67.6 Å². The summed E-state index contributed by atoms with van der Waals surface area (Å²) in [6.45, 7) is 0.411. The van der Waals surface area contributed by atoms with Crippen molar-refractivity contribution in [2.45, 2.75) is 50.0 Å². The van der Waals surface area contributed by atoms with Crippen molar-refractivity contribution in [1.29, 1.82) is 0 Å². The van der Waals surface area contributed by atoms with Gasteiger partial charge in [-0.15, -0.1) is 12.2 Å². The van der Waals surface area contributed by atoms with E-state index in [0.717, 1.165) is 12.8 Å². The molecule has 0 radical (unpaired) electrons. The van der Waals surface area contributed by atoms with Crippen LogP contribution in [0.5, 0.6) is 0 Å². The maximum Gasteiger partial charge on any atom is 0.278 e. The number of rotatable bonds is 11. The molecular formula is C21H27N9O7P2S2. The average Bonchev–Trinajstić information content (AvgIpc) is 3.76. The molecule has 6 heterocycles. The molecule has 4 aromatic heterocycles. The Morgan fingerprint density at radius 1 is 1.02 bits per heavy atom. The highest BCUT2D eigenvalue weighted by atomic mass is 32.7. The fraction of sp³-hybridized carbons (Fsp3) is 0.524. The van der Waals surface area contributed by atoms with Crippen LogP contribution >= 0.6 is 39.4 Å². The molecule has 20 heteroatoms. The van der Waals surface area contributed by atoms with Gasteiger partial charge in [0, 0.05) is 6.42 Å². The predicted molar refractivity (Wildman–Crippen MR) is 155 cm³/mol. The van der Waals surface area contributed by atoms with E-state index in [4.69, 9.17) is 28.8 Å². The van der Waals surface area contributed by atoms with Crippen LogP contribution in [0, 0.1) is 0 Å². The van der Waals surface area contributed by atoms with Crippen LogP contribution in [0.25, 0.3) is 22.3 Å². The Bertz CT molecular complexity index is 1560. The van der Waals surface area contributed by atoms with Crippen LogP contribution in [0.4, 0.5) is 5.82 Å². The van der Waals surface area contributed by atoms with E-state index in [-0.39, 0.29) is 43.0 Å². The molecule has 0 aromatic carbocycles. The summed E-state index contributed by atoms with van der Waals surface area (Å²) < 4.78 is 33.7. The van der Waals surface area contributed by atoms with E-state index >= 15 is 0 Å². The van der Waals surface area contributed by atoms with E-state index in [2.05, 4.69) is 54.4 Å². The van der Waals surface area contributed by atoms with Gasteiger partial charge in [0.15, 0.2) is 22.6 Å². The number of H-pyrrole nitrogens is 1. The number of imidazole rings is 2. The molecule has 4 N–H and O–H groups in total. The summed E-state index contributed by atoms with van der Waals surface area (Å²) in [6, 6.07) is 0. The topological polar surface area (TPSA) is 200 Å². The first kappa shape index (κ1) is 29.1. The van der Waals surface area contributed by atoms with Crippen LogP contribution in [-0.4, -0.2) is 82.0 Å². The van der Waals surface area contributed by atoms with Gasteiger partial charge in [0.1, 0.15) is 37.8 Å². The lowest BCUT2D eigenvalue weighted by Crippen LogP contribution is -2.27. The van der Waals surface area contributed by atoms with Crippen LogP contribution in [0.2, 0.25) is 0 Å². The molecule has 2 aliphatic rings. The molecule has 2 saturated heterocycles. The highest BCUT2D eigenvalue weighted by molar-refractivity contribution is 8.43. The number of nitrogens with one attached hydrogen (secondary N) is 1. The van der Waals surface area contributed by atoms with E-state index in [0.29, 0.717) is 29.0 Å². The lowest BCUT2D eigenvalue weighted by atomic mass is 10.2. The fourth-order valence-corrected chi connectivity index (χ4v) is 6.77. The van der Waals surface area contributed by atoms with Crippen molar-refractivity contribution < 1.29 is 28.2 Å². The summed E-state index contributed by atoms with van der Waals surface area (Å²) in [7, 11) is -2.93.